The number of carboxylic acid groups (broad SMARTS) is 1. The molecule has 0 aliphatic carbocycles. The maximum Gasteiger partial charge on any atom is 0.320 e. The van der Waals surface area contributed by atoms with Gasteiger partial charge >= 0.3 is 5.97 Å². The molecule has 0 heterocycles. The van der Waals surface area contributed by atoms with Crippen LogP contribution in [-0.4, -0.2) is 29.6 Å². The molecule has 3 rings (SSSR count). The third-order valence-electron chi connectivity index (χ3n) is 4.81. The number of carboxylic acids is 1. The topological polar surface area (TPSA) is 92.4 Å². The van der Waals surface area contributed by atoms with Crippen molar-refractivity contribution >= 4 is 23.5 Å². The molecule has 4 N–H and O–H groups in total. The van der Waals surface area contributed by atoms with Crippen molar-refractivity contribution in [3.05, 3.63) is 94.5 Å². The summed E-state index contributed by atoms with van der Waals surface area (Å²) in [6.07, 6.45) is 0.878. The normalized spacial score (nSPS) is 11.7. The summed E-state index contributed by atoms with van der Waals surface area (Å²) in [6.45, 7) is 0.478. The molecule has 0 aliphatic rings. The van der Waals surface area contributed by atoms with Crippen LogP contribution in [0.4, 0.5) is 0 Å². The molecule has 1 atom stereocenters. The van der Waals surface area contributed by atoms with E-state index >= 15 is 0 Å². The Morgan fingerprint density at radius 2 is 1.63 bits per heavy atom. The van der Waals surface area contributed by atoms with Crippen molar-refractivity contribution in [3.8, 4) is 11.1 Å². The van der Waals surface area contributed by atoms with Gasteiger partial charge in [0.25, 0.3) is 5.91 Å². The number of nitrogens with two attached hydrogens (primary N) is 1. The number of benzene rings is 3. The Morgan fingerprint density at radius 3 is 2.27 bits per heavy atom. The number of aliphatic carboxylic acids is 1. The number of hydrogen-bond acceptors (Lipinski definition) is 3. The van der Waals surface area contributed by atoms with E-state index in [1.165, 1.54) is 0 Å². The van der Waals surface area contributed by atoms with Crippen molar-refractivity contribution in [3.63, 3.8) is 0 Å². The minimum atomic E-state index is -1.05. The molecule has 0 radical (unpaired) electrons. The van der Waals surface area contributed by atoms with Gasteiger partial charge in [-0.2, -0.15) is 0 Å². The molecular formula is C24H23ClN2O3. The van der Waals surface area contributed by atoms with Gasteiger partial charge in [-0.05, 0) is 47.7 Å². The Hall–Kier alpha value is -3.15. The fourth-order valence-corrected chi connectivity index (χ4v) is 3.43. The minimum Gasteiger partial charge on any atom is -0.480 e. The standard InChI is InChI=1S/C24H23ClN2O3/c25-21-14-17(8-11-20(21)18-4-2-1-3-5-18)12-13-27-23(28)19-9-6-16(7-10-19)15-22(26)24(29)30/h1-11,14,22H,12-13,15,26H2,(H,27,28)(H,29,30). The lowest BCUT2D eigenvalue weighted by Crippen LogP contribution is -2.32. The lowest BCUT2D eigenvalue weighted by Gasteiger charge is -2.10. The molecule has 0 saturated carbocycles. The number of nitrogens with one attached hydrogen (secondary N) is 1. The van der Waals surface area contributed by atoms with Crippen LogP contribution in [-0.2, 0) is 17.6 Å². The van der Waals surface area contributed by atoms with Crippen molar-refractivity contribution in [2.75, 3.05) is 6.54 Å². The van der Waals surface area contributed by atoms with Crippen molar-refractivity contribution < 1.29 is 14.7 Å². The zero-order valence-electron chi connectivity index (χ0n) is 16.3. The SMILES string of the molecule is NC(Cc1ccc(C(=O)NCCc2ccc(-c3ccccc3)c(Cl)c2)cc1)C(=O)O. The van der Waals surface area contributed by atoms with E-state index in [4.69, 9.17) is 22.4 Å². The highest BCUT2D eigenvalue weighted by atomic mass is 35.5. The van der Waals surface area contributed by atoms with E-state index in [1.807, 2.05) is 48.5 Å². The summed E-state index contributed by atoms with van der Waals surface area (Å²) < 4.78 is 0. The molecule has 1 amide bonds. The van der Waals surface area contributed by atoms with Gasteiger partial charge in [0.2, 0.25) is 0 Å². The van der Waals surface area contributed by atoms with Crippen molar-refractivity contribution in [1.29, 1.82) is 0 Å². The van der Waals surface area contributed by atoms with Crippen LogP contribution in [0, 0.1) is 0 Å². The van der Waals surface area contributed by atoms with Crippen LogP contribution in [0.2, 0.25) is 5.02 Å². The van der Waals surface area contributed by atoms with Gasteiger partial charge in [-0.25, -0.2) is 0 Å². The first-order chi connectivity index (χ1) is 14.4. The molecule has 3 aromatic rings. The number of carbonyl (C=O) groups is 2. The number of amides is 1. The average Bonchev–Trinajstić information content (AvgIpc) is 2.75. The largest absolute Gasteiger partial charge is 0.480 e. The van der Waals surface area contributed by atoms with Crippen LogP contribution in [0.1, 0.15) is 21.5 Å². The first-order valence-electron chi connectivity index (χ1n) is 9.63. The predicted octanol–water partition coefficient (Wildman–Crippen LogP) is 3.93. The van der Waals surface area contributed by atoms with Gasteiger partial charge in [-0.3, -0.25) is 9.59 Å². The maximum atomic E-state index is 12.3. The van der Waals surface area contributed by atoms with Crippen LogP contribution in [0.15, 0.2) is 72.8 Å². The van der Waals surface area contributed by atoms with E-state index in [1.54, 1.807) is 24.3 Å². The zero-order valence-corrected chi connectivity index (χ0v) is 17.1. The summed E-state index contributed by atoms with van der Waals surface area (Å²) in [5, 5.41) is 12.4. The van der Waals surface area contributed by atoms with Crippen LogP contribution >= 0.6 is 11.6 Å². The van der Waals surface area contributed by atoms with E-state index in [-0.39, 0.29) is 12.3 Å². The number of hydrogen-bond donors (Lipinski definition) is 3. The molecule has 0 bridgehead atoms. The average molecular weight is 423 g/mol. The van der Waals surface area contributed by atoms with E-state index in [0.29, 0.717) is 23.6 Å². The van der Waals surface area contributed by atoms with Crippen LogP contribution in [0.5, 0.6) is 0 Å². The molecule has 0 spiro atoms. The molecule has 0 saturated heterocycles. The molecule has 0 aliphatic heterocycles. The van der Waals surface area contributed by atoms with Gasteiger partial charge in [0.1, 0.15) is 6.04 Å². The fraction of sp³-hybridized carbons (Fsp3) is 0.167. The van der Waals surface area contributed by atoms with Crippen molar-refractivity contribution in [2.45, 2.75) is 18.9 Å². The van der Waals surface area contributed by atoms with Gasteiger partial charge in [-0.1, -0.05) is 66.2 Å². The third-order valence-corrected chi connectivity index (χ3v) is 5.12. The quantitative estimate of drug-likeness (QED) is 0.512. The summed E-state index contributed by atoms with van der Waals surface area (Å²) in [6, 6.07) is 21.7. The molecule has 1 unspecified atom stereocenters. The Labute approximate surface area is 180 Å². The van der Waals surface area contributed by atoms with E-state index in [9.17, 15) is 9.59 Å². The van der Waals surface area contributed by atoms with Crippen LogP contribution < -0.4 is 11.1 Å². The lowest BCUT2D eigenvalue weighted by atomic mass is 10.0. The van der Waals surface area contributed by atoms with Gasteiger partial charge in [-0.15, -0.1) is 0 Å². The first kappa shape index (κ1) is 21.6. The van der Waals surface area contributed by atoms with Gasteiger partial charge in [0.05, 0.1) is 0 Å². The second-order valence-corrected chi connectivity index (χ2v) is 7.44. The molecule has 3 aromatic carbocycles. The maximum absolute atomic E-state index is 12.3. The van der Waals surface area contributed by atoms with Crippen LogP contribution in [0.25, 0.3) is 11.1 Å². The smallest absolute Gasteiger partial charge is 0.320 e. The Balaban J connectivity index is 1.53. The highest BCUT2D eigenvalue weighted by Gasteiger charge is 2.13. The van der Waals surface area contributed by atoms with Gasteiger partial charge in [0, 0.05) is 22.7 Å². The highest BCUT2D eigenvalue weighted by molar-refractivity contribution is 6.33. The monoisotopic (exact) mass is 422 g/mol. The predicted molar refractivity (Wildman–Crippen MR) is 119 cm³/mol. The van der Waals surface area contributed by atoms with Gasteiger partial charge < -0.3 is 16.2 Å². The van der Waals surface area contributed by atoms with E-state index in [0.717, 1.165) is 22.3 Å². The molecule has 5 nitrogen and oxygen atoms in total. The lowest BCUT2D eigenvalue weighted by molar-refractivity contribution is -0.138. The molecular weight excluding hydrogens is 400 g/mol. The summed E-state index contributed by atoms with van der Waals surface area (Å²) in [5.41, 5.74) is 9.90. The van der Waals surface area contributed by atoms with Gasteiger partial charge in [0.15, 0.2) is 0 Å². The summed E-state index contributed by atoms with van der Waals surface area (Å²) >= 11 is 6.44. The Bertz CT molecular complexity index is 1020. The molecule has 30 heavy (non-hydrogen) atoms. The second-order valence-electron chi connectivity index (χ2n) is 7.03. The van der Waals surface area contributed by atoms with Crippen molar-refractivity contribution in [2.24, 2.45) is 5.73 Å². The van der Waals surface area contributed by atoms with Crippen molar-refractivity contribution in [1.82, 2.24) is 5.32 Å². The minimum absolute atomic E-state index is 0.184. The third kappa shape index (κ3) is 5.69. The first-order valence-corrected chi connectivity index (χ1v) is 10.0. The summed E-state index contributed by atoms with van der Waals surface area (Å²) in [7, 11) is 0. The molecule has 6 heteroatoms. The number of carbonyl (C=O) groups excluding carboxylic acids is 1. The van der Waals surface area contributed by atoms with Crippen LogP contribution in [0.3, 0.4) is 0 Å². The zero-order chi connectivity index (χ0) is 21.5. The summed E-state index contributed by atoms with van der Waals surface area (Å²) in [4.78, 5) is 23.2. The highest BCUT2D eigenvalue weighted by Crippen LogP contribution is 2.28. The summed E-state index contributed by atoms with van der Waals surface area (Å²) in [5.74, 6) is -1.23. The number of rotatable bonds is 8. The number of halogens is 1. The molecule has 154 valence electrons. The Kier molecular flexibility index (Phi) is 7.22. The fourth-order valence-electron chi connectivity index (χ4n) is 3.12. The van der Waals surface area contributed by atoms with E-state index < -0.39 is 12.0 Å². The van der Waals surface area contributed by atoms with E-state index in [2.05, 4.69) is 5.32 Å². The molecule has 0 aromatic heterocycles. The second kappa shape index (κ2) is 10.1. The molecule has 0 fully saturated rings. The Morgan fingerprint density at radius 1 is 0.967 bits per heavy atom.